The Morgan fingerprint density at radius 1 is 0.867 bits per heavy atom. The Balaban J connectivity index is 1.52. The van der Waals surface area contributed by atoms with Crippen molar-refractivity contribution in [1.82, 2.24) is 4.90 Å². The molecule has 0 atom stereocenters. The minimum atomic E-state index is -0.145. The molecule has 3 aromatic carbocycles. The zero-order valence-electron chi connectivity index (χ0n) is 17.1. The summed E-state index contributed by atoms with van der Waals surface area (Å²) in [4.78, 5) is 27.7. The molecule has 30 heavy (non-hydrogen) atoms. The molecule has 5 nitrogen and oxygen atoms in total. The summed E-state index contributed by atoms with van der Waals surface area (Å²) >= 11 is 1.60. The second kappa shape index (κ2) is 10.6. The molecule has 0 bridgehead atoms. The number of carbonyl (C=O) groups excluding carboxylic acids is 2. The summed E-state index contributed by atoms with van der Waals surface area (Å²) in [5, 5.41) is 5.84. The number of carbonyl (C=O) groups is 2. The minimum Gasteiger partial charge on any atom is -0.324 e. The zero-order valence-corrected chi connectivity index (χ0v) is 17.9. The Labute approximate surface area is 181 Å². The number of para-hydroxylation sites is 2. The molecule has 0 aromatic heterocycles. The SMILES string of the molecule is CSc1ccccc1NC(=O)CN(C)Cc1ccc(C(=O)Nc2ccccc2)cc1. The Morgan fingerprint density at radius 3 is 2.23 bits per heavy atom. The molecule has 6 heteroatoms. The van der Waals surface area contributed by atoms with Gasteiger partial charge in [-0.25, -0.2) is 0 Å². The Bertz CT molecular complexity index is 991. The maximum absolute atomic E-state index is 12.4. The van der Waals surface area contributed by atoms with Crippen LogP contribution in [0.1, 0.15) is 15.9 Å². The summed E-state index contributed by atoms with van der Waals surface area (Å²) in [6, 6.07) is 24.6. The van der Waals surface area contributed by atoms with Gasteiger partial charge in [0.2, 0.25) is 5.91 Å². The van der Waals surface area contributed by atoms with E-state index in [0.29, 0.717) is 12.1 Å². The van der Waals surface area contributed by atoms with Crippen molar-refractivity contribution in [1.29, 1.82) is 0 Å². The van der Waals surface area contributed by atoms with Crippen molar-refractivity contribution in [2.75, 3.05) is 30.5 Å². The van der Waals surface area contributed by atoms with Gasteiger partial charge in [-0.1, -0.05) is 42.5 Å². The smallest absolute Gasteiger partial charge is 0.255 e. The van der Waals surface area contributed by atoms with Crippen molar-refractivity contribution in [3.63, 3.8) is 0 Å². The first kappa shape index (κ1) is 21.6. The molecule has 2 amide bonds. The van der Waals surface area contributed by atoms with E-state index in [-0.39, 0.29) is 18.4 Å². The van der Waals surface area contributed by atoms with Crippen molar-refractivity contribution in [2.45, 2.75) is 11.4 Å². The maximum Gasteiger partial charge on any atom is 0.255 e. The molecule has 2 N–H and O–H groups in total. The van der Waals surface area contributed by atoms with Crippen molar-refractivity contribution < 1.29 is 9.59 Å². The van der Waals surface area contributed by atoms with Crippen LogP contribution in [0, 0.1) is 0 Å². The quantitative estimate of drug-likeness (QED) is 0.518. The first-order valence-electron chi connectivity index (χ1n) is 9.62. The number of benzene rings is 3. The van der Waals surface area contributed by atoms with E-state index >= 15 is 0 Å². The van der Waals surface area contributed by atoms with Gasteiger partial charge in [0.25, 0.3) is 5.91 Å². The lowest BCUT2D eigenvalue weighted by Gasteiger charge is -2.17. The molecule has 154 valence electrons. The number of amides is 2. The van der Waals surface area contributed by atoms with E-state index in [0.717, 1.165) is 21.8 Å². The Hall–Kier alpha value is -3.09. The van der Waals surface area contributed by atoms with E-state index in [2.05, 4.69) is 10.6 Å². The molecule has 0 radical (unpaired) electrons. The lowest BCUT2D eigenvalue weighted by Crippen LogP contribution is -2.30. The van der Waals surface area contributed by atoms with E-state index in [1.54, 1.807) is 23.9 Å². The zero-order chi connectivity index (χ0) is 21.3. The first-order chi connectivity index (χ1) is 14.5. The molecule has 0 unspecified atom stereocenters. The summed E-state index contributed by atoms with van der Waals surface area (Å²) in [7, 11) is 1.90. The lowest BCUT2D eigenvalue weighted by molar-refractivity contribution is -0.117. The van der Waals surface area contributed by atoms with Gasteiger partial charge in [-0.15, -0.1) is 11.8 Å². The van der Waals surface area contributed by atoms with Crippen LogP contribution < -0.4 is 10.6 Å². The van der Waals surface area contributed by atoms with Crippen molar-refractivity contribution in [2.24, 2.45) is 0 Å². The molecular weight excluding hydrogens is 394 g/mol. The Morgan fingerprint density at radius 2 is 1.53 bits per heavy atom. The summed E-state index contributed by atoms with van der Waals surface area (Å²) < 4.78 is 0. The number of anilines is 2. The second-order valence-electron chi connectivity index (χ2n) is 6.94. The van der Waals surface area contributed by atoms with Crippen molar-refractivity contribution in [3.8, 4) is 0 Å². The number of hydrogen-bond acceptors (Lipinski definition) is 4. The fourth-order valence-electron chi connectivity index (χ4n) is 3.04. The number of likely N-dealkylation sites (N-methyl/N-ethyl adjacent to an activating group) is 1. The van der Waals surface area contributed by atoms with Crippen LogP contribution in [0.5, 0.6) is 0 Å². The van der Waals surface area contributed by atoms with Gasteiger partial charge in [0.1, 0.15) is 0 Å². The normalized spacial score (nSPS) is 10.6. The molecule has 0 aliphatic rings. The average Bonchev–Trinajstić information content (AvgIpc) is 2.75. The maximum atomic E-state index is 12.4. The summed E-state index contributed by atoms with van der Waals surface area (Å²) in [6.45, 7) is 0.886. The van der Waals surface area contributed by atoms with Crippen LogP contribution in [0.3, 0.4) is 0 Å². The predicted octanol–water partition coefficient (Wildman–Crippen LogP) is 4.73. The topological polar surface area (TPSA) is 61.4 Å². The molecule has 0 spiro atoms. The van der Waals surface area contributed by atoms with Crippen LogP contribution in [0.4, 0.5) is 11.4 Å². The van der Waals surface area contributed by atoms with Gasteiger partial charge in [-0.05, 0) is 55.3 Å². The first-order valence-corrected chi connectivity index (χ1v) is 10.8. The second-order valence-corrected chi connectivity index (χ2v) is 7.79. The molecule has 0 aliphatic heterocycles. The average molecular weight is 420 g/mol. The van der Waals surface area contributed by atoms with Crippen LogP contribution >= 0.6 is 11.8 Å². The van der Waals surface area contributed by atoms with Gasteiger partial charge in [-0.2, -0.15) is 0 Å². The number of hydrogen-bond donors (Lipinski definition) is 2. The highest BCUT2D eigenvalue weighted by Crippen LogP contribution is 2.24. The molecule has 0 aliphatic carbocycles. The van der Waals surface area contributed by atoms with Crippen molar-refractivity contribution in [3.05, 3.63) is 90.0 Å². The van der Waals surface area contributed by atoms with Gasteiger partial charge in [0, 0.05) is 22.7 Å². The molecule has 3 rings (SSSR count). The summed E-state index contributed by atoms with van der Waals surface area (Å²) in [6.07, 6.45) is 1.99. The van der Waals surface area contributed by atoms with E-state index in [4.69, 9.17) is 0 Å². The summed E-state index contributed by atoms with van der Waals surface area (Å²) in [5.74, 6) is -0.203. The van der Waals surface area contributed by atoms with Gasteiger partial charge in [0.05, 0.1) is 12.2 Å². The van der Waals surface area contributed by atoms with Gasteiger partial charge >= 0.3 is 0 Å². The molecule has 0 saturated carbocycles. The highest BCUT2D eigenvalue weighted by Gasteiger charge is 2.11. The third-order valence-corrected chi connectivity index (χ3v) is 5.29. The number of nitrogens with one attached hydrogen (secondary N) is 2. The highest BCUT2D eigenvalue weighted by atomic mass is 32.2. The minimum absolute atomic E-state index is 0.0575. The highest BCUT2D eigenvalue weighted by molar-refractivity contribution is 7.98. The van der Waals surface area contributed by atoms with Gasteiger partial charge in [0.15, 0.2) is 0 Å². The fraction of sp³-hybridized carbons (Fsp3) is 0.167. The monoisotopic (exact) mass is 419 g/mol. The standard InChI is InChI=1S/C24H25N3O2S/c1-27(17-23(28)26-21-10-6-7-11-22(21)30-2)16-18-12-14-19(15-13-18)24(29)25-20-8-4-3-5-9-20/h3-15H,16-17H2,1-2H3,(H,25,29)(H,26,28). The molecule has 0 fully saturated rings. The molecule has 3 aromatic rings. The van der Waals surface area contributed by atoms with Crippen molar-refractivity contribution >= 4 is 35.0 Å². The molecule has 0 heterocycles. The third kappa shape index (κ3) is 6.20. The number of thioether (sulfide) groups is 1. The predicted molar refractivity (Wildman–Crippen MR) is 124 cm³/mol. The van der Waals surface area contributed by atoms with Crippen LogP contribution in [0.25, 0.3) is 0 Å². The van der Waals surface area contributed by atoms with Gasteiger partial charge in [-0.3, -0.25) is 14.5 Å². The molecule has 0 saturated heterocycles. The lowest BCUT2D eigenvalue weighted by atomic mass is 10.1. The number of nitrogens with zero attached hydrogens (tertiary/aromatic N) is 1. The van der Waals surface area contributed by atoms with Crippen LogP contribution in [0.15, 0.2) is 83.8 Å². The van der Waals surface area contributed by atoms with E-state index in [1.165, 1.54) is 0 Å². The third-order valence-electron chi connectivity index (χ3n) is 4.49. The summed E-state index contributed by atoms with van der Waals surface area (Å²) in [5.41, 5.74) is 3.22. The van der Waals surface area contributed by atoms with E-state index in [1.807, 2.05) is 84.9 Å². The molecular formula is C24H25N3O2S. The van der Waals surface area contributed by atoms with Gasteiger partial charge < -0.3 is 10.6 Å². The van der Waals surface area contributed by atoms with Crippen LogP contribution in [0.2, 0.25) is 0 Å². The van der Waals surface area contributed by atoms with Crippen LogP contribution in [-0.4, -0.2) is 36.6 Å². The number of rotatable bonds is 8. The Kier molecular flexibility index (Phi) is 7.65. The largest absolute Gasteiger partial charge is 0.324 e. The van der Waals surface area contributed by atoms with Crippen LogP contribution in [-0.2, 0) is 11.3 Å². The van der Waals surface area contributed by atoms with E-state index in [9.17, 15) is 9.59 Å². The van der Waals surface area contributed by atoms with E-state index < -0.39 is 0 Å². The fourth-order valence-corrected chi connectivity index (χ4v) is 3.59.